The minimum absolute atomic E-state index is 0.391. The van der Waals surface area contributed by atoms with Crippen molar-refractivity contribution in [2.45, 2.75) is 40.5 Å². The van der Waals surface area contributed by atoms with Crippen molar-refractivity contribution in [3.63, 3.8) is 0 Å². The summed E-state index contributed by atoms with van der Waals surface area (Å²) in [5, 5.41) is 7.22. The first-order chi connectivity index (χ1) is 15.2. The van der Waals surface area contributed by atoms with Crippen molar-refractivity contribution in [1.29, 1.82) is 0 Å². The number of nitrogens with zero attached hydrogens (tertiary/aromatic N) is 2. The normalized spacial score (nSPS) is 11.2. The van der Waals surface area contributed by atoms with E-state index >= 15 is 0 Å². The zero-order valence-corrected chi connectivity index (χ0v) is 19.6. The van der Waals surface area contributed by atoms with Crippen LogP contribution in [0.2, 0.25) is 5.02 Å². The molecule has 0 aliphatic rings. The highest BCUT2D eigenvalue weighted by Gasteiger charge is 2.14. The van der Waals surface area contributed by atoms with Crippen LogP contribution in [0.25, 0.3) is 5.69 Å². The topological polar surface area (TPSA) is 75.5 Å². The molecule has 0 spiro atoms. The van der Waals surface area contributed by atoms with Crippen molar-refractivity contribution >= 4 is 35.3 Å². The van der Waals surface area contributed by atoms with E-state index in [1.54, 1.807) is 12.1 Å². The lowest BCUT2D eigenvalue weighted by atomic mass is 10.0. The fourth-order valence-electron chi connectivity index (χ4n) is 3.39. The molecule has 0 bridgehead atoms. The van der Waals surface area contributed by atoms with Gasteiger partial charge in [-0.1, -0.05) is 43.6 Å². The molecule has 0 atom stereocenters. The van der Waals surface area contributed by atoms with E-state index < -0.39 is 11.8 Å². The number of hydrogen-bond acceptors (Lipinski definition) is 3. The molecule has 32 heavy (non-hydrogen) atoms. The number of aromatic nitrogens is 1. The molecule has 0 fully saturated rings. The molecule has 3 aromatic rings. The number of halogens is 1. The number of carbonyl (C=O) groups is 2. The molecule has 7 heteroatoms. The van der Waals surface area contributed by atoms with E-state index in [2.05, 4.69) is 34.3 Å². The van der Waals surface area contributed by atoms with Crippen molar-refractivity contribution in [2.75, 3.05) is 5.32 Å². The van der Waals surface area contributed by atoms with Gasteiger partial charge in [-0.25, -0.2) is 5.43 Å². The van der Waals surface area contributed by atoms with Gasteiger partial charge in [0.1, 0.15) is 0 Å². The second-order valence-electron chi connectivity index (χ2n) is 8.03. The standard InChI is InChI=1S/C25H27ClN4O2/c1-15(2)19-7-9-21(10-8-19)28-24(31)25(32)29-27-14-20-12-17(4)30(18(20)5)22-11-6-16(3)23(26)13-22/h6-15H,1-5H3,(H,28,31)(H,29,32)/b27-14-. The third kappa shape index (κ3) is 5.26. The average Bonchev–Trinajstić information content (AvgIpc) is 3.03. The van der Waals surface area contributed by atoms with E-state index in [0.717, 1.165) is 33.8 Å². The summed E-state index contributed by atoms with van der Waals surface area (Å²) in [7, 11) is 0. The molecule has 6 nitrogen and oxygen atoms in total. The van der Waals surface area contributed by atoms with Crippen molar-refractivity contribution in [2.24, 2.45) is 5.10 Å². The summed E-state index contributed by atoms with van der Waals surface area (Å²) in [4.78, 5) is 24.2. The van der Waals surface area contributed by atoms with Gasteiger partial charge >= 0.3 is 11.8 Å². The summed E-state index contributed by atoms with van der Waals surface area (Å²) in [6.45, 7) is 10.1. The van der Waals surface area contributed by atoms with Crippen LogP contribution in [0.15, 0.2) is 53.6 Å². The second-order valence-corrected chi connectivity index (χ2v) is 8.43. The van der Waals surface area contributed by atoms with Gasteiger partial charge in [0.05, 0.1) is 6.21 Å². The quantitative estimate of drug-likeness (QED) is 0.315. The van der Waals surface area contributed by atoms with E-state index in [9.17, 15) is 9.59 Å². The van der Waals surface area contributed by atoms with Crippen LogP contribution in [0, 0.1) is 20.8 Å². The van der Waals surface area contributed by atoms with E-state index in [4.69, 9.17) is 11.6 Å². The van der Waals surface area contributed by atoms with Crippen LogP contribution in [0.1, 0.15) is 47.8 Å². The van der Waals surface area contributed by atoms with Crippen LogP contribution < -0.4 is 10.7 Å². The Balaban J connectivity index is 1.66. The monoisotopic (exact) mass is 450 g/mol. The summed E-state index contributed by atoms with van der Waals surface area (Å²) < 4.78 is 2.06. The largest absolute Gasteiger partial charge is 0.329 e. The highest BCUT2D eigenvalue weighted by Crippen LogP contribution is 2.24. The van der Waals surface area contributed by atoms with Crippen molar-refractivity contribution in [3.05, 3.63) is 81.6 Å². The minimum atomic E-state index is -0.840. The molecule has 1 aromatic heterocycles. The van der Waals surface area contributed by atoms with E-state index in [0.29, 0.717) is 16.6 Å². The first-order valence-corrected chi connectivity index (χ1v) is 10.7. The number of amides is 2. The molecule has 1 heterocycles. The Morgan fingerprint density at radius 1 is 1.00 bits per heavy atom. The Morgan fingerprint density at radius 2 is 1.69 bits per heavy atom. The number of aryl methyl sites for hydroxylation is 2. The second kappa shape index (κ2) is 9.83. The molecular weight excluding hydrogens is 424 g/mol. The molecule has 3 rings (SSSR count). The first-order valence-electron chi connectivity index (χ1n) is 10.4. The molecule has 0 unspecified atom stereocenters. The predicted octanol–water partition coefficient (Wildman–Crippen LogP) is 5.27. The van der Waals surface area contributed by atoms with Crippen LogP contribution in [0.4, 0.5) is 5.69 Å². The fraction of sp³-hybridized carbons (Fsp3) is 0.240. The molecule has 0 aliphatic heterocycles. The van der Waals surface area contributed by atoms with E-state index in [1.807, 2.05) is 57.2 Å². The lowest BCUT2D eigenvalue weighted by molar-refractivity contribution is -0.136. The minimum Gasteiger partial charge on any atom is -0.318 e. The van der Waals surface area contributed by atoms with Crippen LogP contribution in [-0.4, -0.2) is 22.6 Å². The maximum absolute atomic E-state index is 12.1. The summed E-state index contributed by atoms with van der Waals surface area (Å²) >= 11 is 6.28. The van der Waals surface area contributed by atoms with Gasteiger partial charge in [0.15, 0.2) is 0 Å². The summed E-state index contributed by atoms with van der Waals surface area (Å²) in [5.41, 5.74) is 8.71. The Hall–Kier alpha value is -3.38. The highest BCUT2D eigenvalue weighted by atomic mass is 35.5. The predicted molar refractivity (Wildman–Crippen MR) is 130 cm³/mol. The van der Waals surface area contributed by atoms with Gasteiger partial charge in [0.25, 0.3) is 0 Å². The molecule has 0 radical (unpaired) electrons. The van der Waals surface area contributed by atoms with Crippen molar-refractivity contribution in [3.8, 4) is 5.69 Å². The molecule has 2 amide bonds. The lowest BCUT2D eigenvalue weighted by Gasteiger charge is -2.11. The van der Waals surface area contributed by atoms with Gasteiger partial charge in [-0.05, 0) is 68.1 Å². The van der Waals surface area contributed by atoms with Crippen LogP contribution >= 0.6 is 11.6 Å². The molecule has 0 aliphatic carbocycles. The van der Waals surface area contributed by atoms with Crippen LogP contribution in [0.3, 0.4) is 0 Å². The molecule has 2 aromatic carbocycles. The summed E-state index contributed by atoms with van der Waals surface area (Å²) in [6.07, 6.45) is 1.53. The maximum atomic E-state index is 12.1. The first kappa shape index (κ1) is 23.3. The third-order valence-electron chi connectivity index (χ3n) is 5.30. The maximum Gasteiger partial charge on any atom is 0.329 e. The average molecular weight is 451 g/mol. The Labute approximate surface area is 193 Å². The molecular formula is C25H27ClN4O2. The van der Waals surface area contributed by atoms with Gasteiger partial charge < -0.3 is 9.88 Å². The number of rotatable bonds is 5. The summed E-state index contributed by atoms with van der Waals surface area (Å²) in [6, 6.07) is 15.2. The van der Waals surface area contributed by atoms with Crippen LogP contribution in [0.5, 0.6) is 0 Å². The number of nitrogens with one attached hydrogen (secondary N) is 2. The SMILES string of the molecule is Cc1ccc(-n2c(C)cc(/C=N\NC(=O)C(=O)Nc3ccc(C(C)C)cc3)c2C)cc1Cl. The van der Waals surface area contributed by atoms with Gasteiger partial charge in [0, 0.05) is 33.3 Å². The van der Waals surface area contributed by atoms with Gasteiger partial charge in [-0.15, -0.1) is 0 Å². The smallest absolute Gasteiger partial charge is 0.318 e. The molecule has 0 saturated carbocycles. The highest BCUT2D eigenvalue weighted by molar-refractivity contribution is 6.39. The van der Waals surface area contributed by atoms with Gasteiger partial charge in [-0.2, -0.15) is 5.10 Å². The number of anilines is 1. The number of hydrazone groups is 1. The fourth-order valence-corrected chi connectivity index (χ4v) is 3.56. The third-order valence-corrected chi connectivity index (χ3v) is 5.70. The summed E-state index contributed by atoms with van der Waals surface area (Å²) in [5.74, 6) is -1.23. The zero-order chi connectivity index (χ0) is 23.4. The Bertz CT molecular complexity index is 1180. The van der Waals surface area contributed by atoms with Crippen molar-refractivity contribution < 1.29 is 9.59 Å². The van der Waals surface area contributed by atoms with Crippen molar-refractivity contribution in [1.82, 2.24) is 9.99 Å². The number of hydrogen-bond donors (Lipinski definition) is 2. The Kier molecular flexibility index (Phi) is 7.15. The molecule has 0 saturated heterocycles. The number of carbonyl (C=O) groups excluding carboxylic acids is 2. The lowest BCUT2D eigenvalue weighted by Crippen LogP contribution is -2.32. The molecule has 2 N–H and O–H groups in total. The van der Waals surface area contributed by atoms with E-state index in [1.165, 1.54) is 6.21 Å². The zero-order valence-electron chi connectivity index (χ0n) is 18.9. The Morgan fingerprint density at radius 3 is 2.31 bits per heavy atom. The van der Waals surface area contributed by atoms with Gasteiger partial charge in [-0.3, -0.25) is 9.59 Å². The van der Waals surface area contributed by atoms with Crippen LogP contribution in [-0.2, 0) is 9.59 Å². The molecule has 166 valence electrons. The number of benzene rings is 2. The van der Waals surface area contributed by atoms with Gasteiger partial charge in [0.2, 0.25) is 0 Å². The van der Waals surface area contributed by atoms with E-state index in [-0.39, 0.29) is 0 Å².